The van der Waals surface area contributed by atoms with Crippen LogP contribution in [0.25, 0.3) is 0 Å². The standard InChI is InChI=1S/C46H89NO5/c1-3-5-7-9-11-13-15-17-18-22-26-30-34-38-44(49)43(42-48)47-45(50)39-35-31-27-23-20-21-25-29-33-37-41-52-46(51)40-36-32-28-24-19-16-14-12-10-8-6-4-2/h12,14,43-44,48-49H,3-11,13,15-42H2,1-2H3,(H,47,50)/b14-12-. The SMILES string of the molecule is CCCCC/C=C\CCCCCCCC(=O)OCCCCCCCCCCCCC(=O)NC(CO)C(O)CCCCCCCCCCCCCCC. The molecule has 0 aliphatic heterocycles. The average molecular weight is 736 g/mol. The molecule has 0 saturated heterocycles. The van der Waals surface area contributed by atoms with E-state index < -0.39 is 12.1 Å². The lowest BCUT2D eigenvalue weighted by atomic mass is 10.0. The first-order valence-corrected chi connectivity index (χ1v) is 22.9. The van der Waals surface area contributed by atoms with Crippen LogP contribution in [-0.2, 0) is 14.3 Å². The molecule has 0 aromatic heterocycles. The molecule has 6 nitrogen and oxygen atoms in total. The fourth-order valence-corrected chi connectivity index (χ4v) is 6.98. The second-order valence-corrected chi connectivity index (χ2v) is 15.7. The number of aliphatic hydroxyl groups excluding tert-OH is 2. The summed E-state index contributed by atoms with van der Waals surface area (Å²) in [5, 5.41) is 23.1. The molecular formula is C46H89NO5. The van der Waals surface area contributed by atoms with E-state index in [1.165, 1.54) is 154 Å². The number of carbonyl (C=O) groups is 2. The van der Waals surface area contributed by atoms with E-state index in [2.05, 4.69) is 31.3 Å². The molecule has 0 spiro atoms. The summed E-state index contributed by atoms with van der Waals surface area (Å²) in [4.78, 5) is 24.4. The first-order chi connectivity index (χ1) is 25.5. The highest BCUT2D eigenvalue weighted by atomic mass is 16.5. The molecule has 0 aromatic rings. The van der Waals surface area contributed by atoms with Crippen molar-refractivity contribution in [3.8, 4) is 0 Å². The van der Waals surface area contributed by atoms with Crippen molar-refractivity contribution in [1.82, 2.24) is 5.32 Å². The van der Waals surface area contributed by atoms with Crippen LogP contribution in [0.5, 0.6) is 0 Å². The van der Waals surface area contributed by atoms with Gasteiger partial charge in [-0.15, -0.1) is 0 Å². The van der Waals surface area contributed by atoms with Crippen LogP contribution in [0.1, 0.15) is 245 Å². The van der Waals surface area contributed by atoms with E-state index >= 15 is 0 Å². The van der Waals surface area contributed by atoms with Gasteiger partial charge < -0.3 is 20.3 Å². The summed E-state index contributed by atoms with van der Waals surface area (Å²) >= 11 is 0. The second-order valence-electron chi connectivity index (χ2n) is 15.7. The summed E-state index contributed by atoms with van der Waals surface area (Å²) in [7, 11) is 0. The minimum atomic E-state index is -0.677. The van der Waals surface area contributed by atoms with Crippen LogP contribution >= 0.6 is 0 Å². The molecule has 0 aromatic carbocycles. The maximum atomic E-state index is 12.4. The lowest BCUT2D eigenvalue weighted by Crippen LogP contribution is -2.45. The summed E-state index contributed by atoms with van der Waals surface area (Å²) in [6.45, 7) is 4.86. The molecule has 2 atom stereocenters. The van der Waals surface area contributed by atoms with Crippen molar-refractivity contribution in [2.24, 2.45) is 0 Å². The van der Waals surface area contributed by atoms with Crippen molar-refractivity contribution in [3.63, 3.8) is 0 Å². The number of nitrogens with one attached hydrogen (secondary N) is 1. The zero-order chi connectivity index (χ0) is 38.0. The minimum Gasteiger partial charge on any atom is -0.466 e. The van der Waals surface area contributed by atoms with E-state index in [4.69, 9.17) is 4.74 Å². The molecule has 0 rings (SSSR count). The quantitative estimate of drug-likeness (QED) is 0.0329. The van der Waals surface area contributed by atoms with Crippen molar-refractivity contribution < 1.29 is 24.5 Å². The summed E-state index contributed by atoms with van der Waals surface area (Å²) in [5.41, 5.74) is 0. The molecule has 0 heterocycles. The van der Waals surface area contributed by atoms with Crippen molar-refractivity contribution in [2.45, 2.75) is 257 Å². The molecule has 0 fully saturated rings. The number of esters is 1. The number of rotatable bonds is 42. The Bertz CT molecular complexity index is 772. The number of amides is 1. The number of aliphatic hydroxyl groups is 2. The molecule has 0 aliphatic rings. The summed E-state index contributed by atoms with van der Waals surface area (Å²) in [5.74, 6) is -0.0879. The molecule has 1 amide bonds. The van der Waals surface area contributed by atoms with Gasteiger partial charge in [-0.1, -0.05) is 193 Å². The van der Waals surface area contributed by atoms with E-state index in [9.17, 15) is 19.8 Å². The van der Waals surface area contributed by atoms with Gasteiger partial charge in [0.1, 0.15) is 0 Å². The Labute approximate surface area is 323 Å². The Morgan fingerprint density at radius 1 is 0.519 bits per heavy atom. The normalized spacial score (nSPS) is 12.8. The van der Waals surface area contributed by atoms with Gasteiger partial charge in [0.05, 0.1) is 25.4 Å². The van der Waals surface area contributed by atoms with Crippen molar-refractivity contribution in [1.29, 1.82) is 0 Å². The van der Waals surface area contributed by atoms with Crippen LogP contribution in [0.4, 0.5) is 0 Å². The Hall–Kier alpha value is -1.40. The highest BCUT2D eigenvalue weighted by molar-refractivity contribution is 5.76. The zero-order valence-electron chi connectivity index (χ0n) is 34.8. The number of allylic oxidation sites excluding steroid dienone is 2. The second kappa shape index (κ2) is 42.3. The maximum absolute atomic E-state index is 12.4. The van der Waals surface area contributed by atoms with E-state index in [0.29, 0.717) is 25.9 Å². The fraction of sp³-hybridized carbons (Fsp3) is 0.913. The number of hydrogen-bond donors (Lipinski definition) is 3. The molecule has 52 heavy (non-hydrogen) atoms. The van der Waals surface area contributed by atoms with Gasteiger partial charge in [-0.05, 0) is 51.4 Å². The lowest BCUT2D eigenvalue weighted by Gasteiger charge is -2.22. The van der Waals surface area contributed by atoms with Crippen LogP contribution in [0.15, 0.2) is 12.2 Å². The Balaban J connectivity index is 3.50. The Morgan fingerprint density at radius 3 is 1.40 bits per heavy atom. The third-order valence-corrected chi connectivity index (χ3v) is 10.6. The third-order valence-electron chi connectivity index (χ3n) is 10.6. The number of carbonyl (C=O) groups excluding carboxylic acids is 2. The smallest absolute Gasteiger partial charge is 0.305 e. The van der Waals surface area contributed by atoms with Gasteiger partial charge in [0.15, 0.2) is 0 Å². The Morgan fingerprint density at radius 2 is 0.904 bits per heavy atom. The minimum absolute atomic E-state index is 0.0291. The van der Waals surface area contributed by atoms with E-state index in [0.717, 1.165) is 57.8 Å². The van der Waals surface area contributed by atoms with Crippen LogP contribution < -0.4 is 5.32 Å². The third kappa shape index (κ3) is 38.3. The van der Waals surface area contributed by atoms with Crippen molar-refractivity contribution in [3.05, 3.63) is 12.2 Å². The maximum Gasteiger partial charge on any atom is 0.305 e. The van der Waals surface area contributed by atoms with Gasteiger partial charge in [-0.25, -0.2) is 0 Å². The highest BCUT2D eigenvalue weighted by Gasteiger charge is 2.20. The molecule has 0 saturated carbocycles. The number of hydrogen-bond acceptors (Lipinski definition) is 5. The predicted octanol–water partition coefficient (Wildman–Crippen LogP) is 13.0. The van der Waals surface area contributed by atoms with Crippen LogP contribution in [0.2, 0.25) is 0 Å². The molecule has 0 aliphatic carbocycles. The first kappa shape index (κ1) is 50.6. The van der Waals surface area contributed by atoms with E-state index in [1.807, 2.05) is 0 Å². The van der Waals surface area contributed by atoms with Gasteiger partial charge in [0.2, 0.25) is 5.91 Å². The summed E-state index contributed by atoms with van der Waals surface area (Å²) in [6.07, 6.45) is 45.9. The van der Waals surface area contributed by atoms with Gasteiger partial charge in [0, 0.05) is 12.8 Å². The van der Waals surface area contributed by atoms with E-state index in [-0.39, 0.29) is 18.5 Å². The average Bonchev–Trinajstić information content (AvgIpc) is 3.14. The lowest BCUT2D eigenvalue weighted by molar-refractivity contribution is -0.143. The molecule has 0 bridgehead atoms. The fourth-order valence-electron chi connectivity index (χ4n) is 6.98. The van der Waals surface area contributed by atoms with Gasteiger partial charge in [0.25, 0.3) is 0 Å². The van der Waals surface area contributed by atoms with E-state index in [1.54, 1.807) is 0 Å². The number of ether oxygens (including phenoxy) is 1. The topological polar surface area (TPSA) is 95.9 Å². The van der Waals surface area contributed by atoms with Crippen molar-refractivity contribution >= 4 is 11.9 Å². The Kier molecular flexibility index (Phi) is 41.2. The first-order valence-electron chi connectivity index (χ1n) is 22.9. The molecule has 3 N–H and O–H groups in total. The summed E-state index contributed by atoms with van der Waals surface area (Å²) in [6, 6.07) is -0.556. The summed E-state index contributed by atoms with van der Waals surface area (Å²) < 4.78 is 5.43. The van der Waals surface area contributed by atoms with Crippen LogP contribution in [0, 0.1) is 0 Å². The van der Waals surface area contributed by atoms with Crippen molar-refractivity contribution in [2.75, 3.05) is 13.2 Å². The van der Waals surface area contributed by atoms with Gasteiger partial charge in [-0.3, -0.25) is 9.59 Å². The number of unbranched alkanes of at least 4 members (excludes halogenated alkanes) is 29. The predicted molar refractivity (Wildman–Crippen MR) is 223 cm³/mol. The van der Waals surface area contributed by atoms with Crippen LogP contribution in [-0.4, -0.2) is 47.4 Å². The highest BCUT2D eigenvalue weighted by Crippen LogP contribution is 2.16. The monoisotopic (exact) mass is 736 g/mol. The van der Waals surface area contributed by atoms with Crippen LogP contribution in [0.3, 0.4) is 0 Å². The molecule has 0 radical (unpaired) electrons. The van der Waals surface area contributed by atoms with Gasteiger partial charge >= 0.3 is 5.97 Å². The molecular weight excluding hydrogens is 647 g/mol. The molecule has 308 valence electrons. The zero-order valence-corrected chi connectivity index (χ0v) is 34.8. The van der Waals surface area contributed by atoms with Gasteiger partial charge in [-0.2, -0.15) is 0 Å². The molecule has 2 unspecified atom stereocenters. The largest absolute Gasteiger partial charge is 0.466 e. The molecule has 6 heteroatoms.